The molecule has 1 aromatic heterocycles. The number of aromatic nitrogens is 2. The van der Waals surface area contributed by atoms with Crippen LogP contribution in [0.4, 0.5) is 0 Å². The molecule has 1 aromatic rings. The van der Waals surface area contributed by atoms with E-state index in [4.69, 9.17) is 4.52 Å². The molecule has 0 aliphatic carbocycles. The molecule has 0 bridgehead atoms. The van der Waals surface area contributed by atoms with Crippen LogP contribution in [0.5, 0.6) is 0 Å². The number of aryl methyl sites for hydroxylation is 1. The average Bonchev–Trinajstić information content (AvgIpc) is 2.84. The van der Waals surface area contributed by atoms with Gasteiger partial charge in [-0.05, 0) is 25.8 Å². The summed E-state index contributed by atoms with van der Waals surface area (Å²) in [5, 5.41) is 3.73. The van der Waals surface area contributed by atoms with E-state index in [0.717, 1.165) is 19.4 Å². The van der Waals surface area contributed by atoms with Crippen molar-refractivity contribution in [3.8, 4) is 0 Å². The van der Waals surface area contributed by atoms with Crippen LogP contribution < -0.4 is 0 Å². The number of hydrogen-bond acceptors (Lipinski definition) is 4. The van der Waals surface area contributed by atoms with Crippen LogP contribution in [0.25, 0.3) is 0 Å². The van der Waals surface area contributed by atoms with Crippen molar-refractivity contribution in [3.05, 3.63) is 24.4 Å². The van der Waals surface area contributed by atoms with Crippen molar-refractivity contribution in [3.63, 3.8) is 0 Å². The molecule has 15 heavy (non-hydrogen) atoms. The molecule has 0 N–H and O–H groups in total. The van der Waals surface area contributed by atoms with Gasteiger partial charge in [0.2, 0.25) is 11.8 Å². The summed E-state index contributed by atoms with van der Waals surface area (Å²) in [6, 6.07) is -0.0725. The minimum absolute atomic E-state index is 0.0725. The fourth-order valence-corrected chi connectivity index (χ4v) is 1.85. The first-order chi connectivity index (χ1) is 7.22. The van der Waals surface area contributed by atoms with Gasteiger partial charge in [0, 0.05) is 6.54 Å². The second-order valence-electron chi connectivity index (χ2n) is 3.57. The first-order valence-corrected chi connectivity index (χ1v) is 4.95. The minimum Gasteiger partial charge on any atom is -0.337 e. The van der Waals surface area contributed by atoms with E-state index in [0.29, 0.717) is 11.7 Å². The average molecular weight is 207 g/mol. The zero-order chi connectivity index (χ0) is 10.8. The number of carbonyl (C=O) groups excluding carboxylic acids is 1. The van der Waals surface area contributed by atoms with Crippen molar-refractivity contribution >= 4 is 5.91 Å². The quantitative estimate of drug-likeness (QED) is 0.684. The van der Waals surface area contributed by atoms with E-state index in [1.165, 1.54) is 6.08 Å². The van der Waals surface area contributed by atoms with Crippen molar-refractivity contribution in [1.29, 1.82) is 0 Å². The summed E-state index contributed by atoms with van der Waals surface area (Å²) in [5.74, 6) is 1.05. The van der Waals surface area contributed by atoms with E-state index in [2.05, 4.69) is 16.7 Å². The highest BCUT2D eigenvalue weighted by Gasteiger charge is 2.32. The van der Waals surface area contributed by atoms with Gasteiger partial charge in [0.1, 0.15) is 6.04 Å². The maximum atomic E-state index is 11.5. The van der Waals surface area contributed by atoms with Crippen molar-refractivity contribution < 1.29 is 9.32 Å². The molecule has 5 heteroatoms. The third-order valence-electron chi connectivity index (χ3n) is 2.54. The monoisotopic (exact) mass is 207 g/mol. The summed E-state index contributed by atoms with van der Waals surface area (Å²) < 4.78 is 5.08. The lowest BCUT2D eigenvalue weighted by Crippen LogP contribution is -2.28. The Morgan fingerprint density at radius 3 is 3.13 bits per heavy atom. The van der Waals surface area contributed by atoms with Gasteiger partial charge >= 0.3 is 0 Å². The molecule has 1 saturated heterocycles. The molecule has 5 nitrogen and oxygen atoms in total. The molecule has 2 heterocycles. The van der Waals surface area contributed by atoms with Gasteiger partial charge in [0.25, 0.3) is 0 Å². The highest BCUT2D eigenvalue weighted by molar-refractivity contribution is 5.87. The molecule has 1 atom stereocenters. The van der Waals surface area contributed by atoms with Crippen LogP contribution in [0.15, 0.2) is 17.2 Å². The van der Waals surface area contributed by atoms with E-state index in [1.807, 2.05) is 0 Å². The predicted octanol–water partition coefficient (Wildman–Crippen LogP) is 1.23. The molecule has 1 aliphatic heterocycles. The summed E-state index contributed by atoms with van der Waals surface area (Å²) >= 11 is 0. The van der Waals surface area contributed by atoms with Crippen molar-refractivity contribution in [2.75, 3.05) is 6.54 Å². The summed E-state index contributed by atoms with van der Waals surface area (Å²) in [7, 11) is 0. The van der Waals surface area contributed by atoms with Crippen LogP contribution in [0.2, 0.25) is 0 Å². The topological polar surface area (TPSA) is 59.2 Å². The lowest BCUT2D eigenvalue weighted by molar-refractivity contribution is -0.127. The highest BCUT2D eigenvalue weighted by Crippen LogP contribution is 2.30. The largest absolute Gasteiger partial charge is 0.337 e. The molecule has 1 aliphatic rings. The van der Waals surface area contributed by atoms with Crippen LogP contribution in [0.3, 0.4) is 0 Å². The number of hydrogen-bond donors (Lipinski definition) is 0. The maximum Gasteiger partial charge on any atom is 0.249 e. The van der Waals surface area contributed by atoms with Gasteiger partial charge in [0.05, 0.1) is 0 Å². The second-order valence-corrected chi connectivity index (χ2v) is 3.57. The Morgan fingerprint density at radius 1 is 1.73 bits per heavy atom. The molecule has 0 saturated carbocycles. The van der Waals surface area contributed by atoms with Crippen molar-refractivity contribution in [1.82, 2.24) is 15.0 Å². The molecule has 0 aromatic carbocycles. The summed E-state index contributed by atoms with van der Waals surface area (Å²) in [6.07, 6.45) is 3.16. The van der Waals surface area contributed by atoms with Gasteiger partial charge in [-0.2, -0.15) is 4.98 Å². The van der Waals surface area contributed by atoms with Gasteiger partial charge in [0.15, 0.2) is 5.82 Å². The van der Waals surface area contributed by atoms with E-state index < -0.39 is 0 Å². The van der Waals surface area contributed by atoms with Gasteiger partial charge < -0.3 is 9.42 Å². The third-order valence-corrected chi connectivity index (χ3v) is 2.54. The Morgan fingerprint density at radius 2 is 2.53 bits per heavy atom. The lowest BCUT2D eigenvalue weighted by Gasteiger charge is -2.19. The molecule has 80 valence electrons. The fraction of sp³-hybridized carbons (Fsp3) is 0.500. The summed E-state index contributed by atoms with van der Waals surface area (Å²) in [6.45, 7) is 5.98. The SMILES string of the molecule is C=CC(=O)N1CCCC1c1nc(C)no1. The number of rotatable bonds is 2. The molecular weight excluding hydrogens is 194 g/mol. The van der Waals surface area contributed by atoms with Gasteiger partial charge in [-0.1, -0.05) is 11.7 Å². The number of nitrogens with zero attached hydrogens (tertiary/aromatic N) is 3. The molecule has 0 radical (unpaired) electrons. The van der Waals surface area contributed by atoms with Gasteiger partial charge in [-0.15, -0.1) is 0 Å². The first-order valence-electron chi connectivity index (χ1n) is 4.95. The normalized spacial score (nSPS) is 20.6. The molecule has 0 spiro atoms. The van der Waals surface area contributed by atoms with Crippen LogP contribution in [0, 0.1) is 6.92 Å². The highest BCUT2D eigenvalue weighted by atomic mass is 16.5. The van der Waals surface area contributed by atoms with Crippen LogP contribution in [-0.4, -0.2) is 27.5 Å². The van der Waals surface area contributed by atoms with E-state index in [9.17, 15) is 4.79 Å². The zero-order valence-electron chi connectivity index (χ0n) is 8.64. The molecule has 1 fully saturated rings. The smallest absolute Gasteiger partial charge is 0.249 e. The van der Waals surface area contributed by atoms with E-state index in [-0.39, 0.29) is 11.9 Å². The maximum absolute atomic E-state index is 11.5. The number of carbonyl (C=O) groups is 1. The summed E-state index contributed by atoms with van der Waals surface area (Å²) in [4.78, 5) is 17.4. The Labute approximate surface area is 87.8 Å². The number of likely N-dealkylation sites (tertiary alicyclic amines) is 1. The second kappa shape index (κ2) is 3.84. The van der Waals surface area contributed by atoms with Crippen LogP contribution in [0.1, 0.15) is 30.6 Å². The fourth-order valence-electron chi connectivity index (χ4n) is 1.85. The van der Waals surface area contributed by atoms with Gasteiger partial charge in [-0.25, -0.2) is 0 Å². The van der Waals surface area contributed by atoms with Gasteiger partial charge in [-0.3, -0.25) is 4.79 Å². The Balaban J connectivity index is 2.21. The standard InChI is InChI=1S/C10H13N3O2/c1-3-9(14)13-6-4-5-8(13)10-11-7(2)12-15-10/h3,8H,1,4-6H2,2H3. The molecule has 1 unspecified atom stereocenters. The van der Waals surface area contributed by atoms with Crippen LogP contribution in [-0.2, 0) is 4.79 Å². The summed E-state index contributed by atoms with van der Waals surface area (Å²) in [5.41, 5.74) is 0. The third kappa shape index (κ3) is 1.77. The molecule has 2 rings (SSSR count). The van der Waals surface area contributed by atoms with E-state index in [1.54, 1.807) is 11.8 Å². The molecule has 1 amide bonds. The Bertz CT molecular complexity index is 386. The van der Waals surface area contributed by atoms with Crippen molar-refractivity contribution in [2.24, 2.45) is 0 Å². The van der Waals surface area contributed by atoms with E-state index >= 15 is 0 Å². The lowest BCUT2D eigenvalue weighted by atomic mass is 10.2. The molecular formula is C10H13N3O2. The minimum atomic E-state index is -0.0756. The predicted molar refractivity (Wildman–Crippen MR) is 52.9 cm³/mol. The van der Waals surface area contributed by atoms with Crippen molar-refractivity contribution in [2.45, 2.75) is 25.8 Å². The number of amides is 1. The Kier molecular flexibility index (Phi) is 2.53. The zero-order valence-corrected chi connectivity index (χ0v) is 8.64. The Hall–Kier alpha value is -1.65. The first kappa shape index (κ1) is 9.89. The van der Waals surface area contributed by atoms with Crippen LogP contribution >= 0.6 is 0 Å².